The summed E-state index contributed by atoms with van der Waals surface area (Å²) in [6.07, 6.45) is 0. The van der Waals surface area contributed by atoms with Crippen LogP contribution in [0.5, 0.6) is 17.2 Å². The minimum atomic E-state index is 0.790. The van der Waals surface area contributed by atoms with Gasteiger partial charge in [0.25, 0.3) is 0 Å². The van der Waals surface area contributed by atoms with Gasteiger partial charge >= 0.3 is 0 Å². The van der Waals surface area contributed by atoms with Gasteiger partial charge in [-0.25, -0.2) is 0 Å². The molecule has 1 aliphatic rings. The summed E-state index contributed by atoms with van der Waals surface area (Å²) in [4.78, 5) is 0. The Kier molecular flexibility index (Phi) is 1.96. The predicted octanol–water partition coefficient (Wildman–Crippen LogP) is 3.54. The van der Waals surface area contributed by atoms with Crippen molar-refractivity contribution in [2.45, 2.75) is 0 Å². The molecule has 3 rings (SSSR count). The Morgan fingerprint density at radius 2 is 1.81 bits per heavy atom. The average molecular weight is 213 g/mol. The van der Waals surface area contributed by atoms with E-state index in [1.807, 2.05) is 42.5 Å². The van der Waals surface area contributed by atoms with E-state index in [2.05, 4.69) is 5.32 Å². The molecule has 0 saturated carbocycles. The lowest BCUT2D eigenvalue weighted by Gasteiger charge is -2.21. The number of nitrogens with one attached hydrogen (secondary N) is 1. The van der Waals surface area contributed by atoms with Gasteiger partial charge in [0, 0.05) is 6.07 Å². The van der Waals surface area contributed by atoms with Crippen LogP contribution in [0.25, 0.3) is 0 Å². The second-order valence-electron chi connectivity index (χ2n) is 3.59. The van der Waals surface area contributed by atoms with Gasteiger partial charge in [0.1, 0.15) is 5.75 Å². The number of benzene rings is 2. The molecule has 0 aromatic heterocycles. The van der Waals surface area contributed by atoms with Gasteiger partial charge in [-0.05, 0) is 24.3 Å². The van der Waals surface area contributed by atoms with Crippen LogP contribution in [0.3, 0.4) is 0 Å². The summed E-state index contributed by atoms with van der Waals surface area (Å²) in [6, 6.07) is 13.6. The number of ether oxygens (including phenoxy) is 2. The molecule has 0 radical (unpaired) electrons. The van der Waals surface area contributed by atoms with Crippen molar-refractivity contribution in [1.82, 2.24) is 0 Å². The molecule has 3 nitrogen and oxygen atoms in total. The van der Waals surface area contributed by atoms with E-state index in [0.29, 0.717) is 0 Å². The smallest absolute Gasteiger partial charge is 0.154 e. The Morgan fingerprint density at radius 1 is 1.00 bits per heavy atom. The summed E-state index contributed by atoms with van der Waals surface area (Å²) in [5.74, 6) is 2.42. The number of hydrogen-bond donors (Lipinski definition) is 1. The van der Waals surface area contributed by atoms with Crippen molar-refractivity contribution in [3.63, 3.8) is 0 Å². The Bertz CT molecular complexity index is 537. The molecule has 0 bridgehead atoms. The van der Waals surface area contributed by atoms with Crippen LogP contribution in [0.2, 0.25) is 0 Å². The van der Waals surface area contributed by atoms with Gasteiger partial charge in [-0.3, -0.25) is 0 Å². The number of methoxy groups -OCH3 is 1. The van der Waals surface area contributed by atoms with Gasteiger partial charge in [-0.2, -0.15) is 0 Å². The first-order valence-corrected chi connectivity index (χ1v) is 5.09. The van der Waals surface area contributed by atoms with Crippen molar-refractivity contribution in [2.75, 3.05) is 12.4 Å². The van der Waals surface area contributed by atoms with E-state index in [9.17, 15) is 0 Å². The quantitative estimate of drug-likeness (QED) is 0.670. The van der Waals surface area contributed by atoms with Gasteiger partial charge in [0.05, 0.1) is 18.5 Å². The third-order valence-electron chi connectivity index (χ3n) is 2.57. The normalized spacial score (nSPS) is 11.8. The van der Waals surface area contributed by atoms with Gasteiger partial charge in [0.15, 0.2) is 11.5 Å². The zero-order valence-corrected chi connectivity index (χ0v) is 8.86. The highest BCUT2D eigenvalue weighted by Crippen LogP contribution is 2.42. The lowest BCUT2D eigenvalue weighted by Crippen LogP contribution is -2.02. The average Bonchev–Trinajstić information content (AvgIpc) is 2.35. The van der Waals surface area contributed by atoms with Crippen LogP contribution in [0, 0.1) is 0 Å². The first-order chi connectivity index (χ1) is 7.86. The zero-order chi connectivity index (χ0) is 11.0. The molecule has 1 N–H and O–H groups in total. The highest BCUT2D eigenvalue weighted by Gasteiger charge is 2.15. The summed E-state index contributed by atoms with van der Waals surface area (Å²) >= 11 is 0. The molecule has 0 spiro atoms. The van der Waals surface area contributed by atoms with E-state index >= 15 is 0 Å². The first-order valence-electron chi connectivity index (χ1n) is 5.09. The lowest BCUT2D eigenvalue weighted by molar-refractivity contribution is 0.409. The van der Waals surface area contributed by atoms with E-state index in [-0.39, 0.29) is 0 Å². The van der Waals surface area contributed by atoms with E-state index in [4.69, 9.17) is 9.47 Å². The number of hydrogen-bond acceptors (Lipinski definition) is 3. The molecular formula is C13H11NO2. The summed E-state index contributed by atoms with van der Waals surface area (Å²) < 4.78 is 10.9. The molecule has 0 amide bonds. The van der Waals surface area contributed by atoms with Crippen LogP contribution in [0.15, 0.2) is 42.5 Å². The maximum Gasteiger partial charge on any atom is 0.154 e. The molecule has 1 heterocycles. The minimum absolute atomic E-state index is 0.790. The molecule has 1 aliphatic heterocycles. The van der Waals surface area contributed by atoms with Crippen molar-refractivity contribution in [3.8, 4) is 17.2 Å². The summed E-state index contributed by atoms with van der Waals surface area (Å²) in [6.45, 7) is 0. The maximum atomic E-state index is 5.78. The van der Waals surface area contributed by atoms with Crippen molar-refractivity contribution in [2.24, 2.45) is 0 Å². The van der Waals surface area contributed by atoms with Crippen molar-refractivity contribution < 1.29 is 9.47 Å². The van der Waals surface area contributed by atoms with E-state index in [0.717, 1.165) is 28.6 Å². The first kappa shape index (κ1) is 9.09. The molecule has 0 aliphatic carbocycles. The Labute approximate surface area is 93.6 Å². The van der Waals surface area contributed by atoms with Crippen molar-refractivity contribution in [1.29, 1.82) is 0 Å². The van der Waals surface area contributed by atoms with Crippen LogP contribution in [0.1, 0.15) is 0 Å². The second kappa shape index (κ2) is 3.45. The Morgan fingerprint density at radius 3 is 2.69 bits per heavy atom. The third-order valence-corrected chi connectivity index (χ3v) is 2.57. The topological polar surface area (TPSA) is 30.5 Å². The molecule has 3 heteroatoms. The molecule has 0 unspecified atom stereocenters. The van der Waals surface area contributed by atoms with Crippen LogP contribution < -0.4 is 14.8 Å². The van der Waals surface area contributed by atoms with Crippen molar-refractivity contribution in [3.05, 3.63) is 42.5 Å². The molecule has 2 aromatic rings. The van der Waals surface area contributed by atoms with Crippen LogP contribution in [-0.2, 0) is 0 Å². The Hall–Kier alpha value is -2.16. The molecular weight excluding hydrogens is 202 g/mol. The zero-order valence-electron chi connectivity index (χ0n) is 8.86. The summed E-state index contributed by atoms with van der Waals surface area (Å²) in [5.41, 5.74) is 1.94. The van der Waals surface area contributed by atoms with Crippen LogP contribution >= 0.6 is 0 Å². The molecule has 0 saturated heterocycles. The number of rotatable bonds is 1. The lowest BCUT2D eigenvalue weighted by atomic mass is 10.2. The van der Waals surface area contributed by atoms with E-state index in [1.165, 1.54) is 0 Å². The fraction of sp³-hybridized carbons (Fsp3) is 0.0769. The number of anilines is 2. The molecule has 2 aromatic carbocycles. The van der Waals surface area contributed by atoms with Gasteiger partial charge in [-0.1, -0.05) is 12.1 Å². The highest BCUT2D eigenvalue weighted by molar-refractivity contribution is 5.75. The van der Waals surface area contributed by atoms with E-state index < -0.39 is 0 Å². The fourth-order valence-electron chi connectivity index (χ4n) is 1.74. The van der Waals surface area contributed by atoms with Crippen molar-refractivity contribution >= 4 is 11.4 Å². The monoisotopic (exact) mass is 213 g/mol. The largest absolute Gasteiger partial charge is 0.497 e. The number of para-hydroxylation sites is 2. The van der Waals surface area contributed by atoms with Gasteiger partial charge < -0.3 is 14.8 Å². The standard InChI is InChI=1S/C13H11NO2/c1-15-9-6-7-11-13(8-9)16-12-5-3-2-4-10(12)14-11/h2-8,14H,1H3. The SMILES string of the molecule is COc1ccc2c(c1)Oc1ccccc1N2. The molecule has 80 valence electrons. The maximum absolute atomic E-state index is 5.78. The van der Waals surface area contributed by atoms with Crippen LogP contribution in [-0.4, -0.2) is 7.11 Å². The minimum Gasteiger partial charge on any atom is -0.497 e. The van der Waals surface area contributed by atoms with Crippen LogP contribution in [0.4, 0.5) is 11.4 Å². The molecule has 16 heavy (non-hydrogen) atoms. The summed E-state index contributed by atoms with van der Waals surface area (Å²) in [7, 11) is 1.64. The predicted molar refractivity (Wildman–Crippen MR) is 62.8 cm³/mol. The fourth-order valence-corrected chi connectivity index (χ4v) is 1.74. The number of fused-ring (bicyclic) bond motifs is 2. The summed E-state index contributed by atoms with van der Waals surface area (Å²) in [5, 5.41) is 3.31. The Balaban J connectivity index is 2.05. The van der Waals surface area contributed by atoms with Gasteiger partial charge in [0.2, 0.25) is 0 Å². The van der Waals surface area contributed by atoms with E-state index in [1.54, 1.807) is 7.11 Å². The highest BCUT2D eigenvalue weighted by atomic mass is 16.5. The molecule has 0 atom stereocenters. The molecule has 0 fully saturated rings. The third kappa shape index (κ3) is 1.37. The second-order valence-corrected chi connectivity index (χ2v) is 3.59. The van der Waals surface area contributed by atoms with Gasteiger partial charge in [-0.15, -0.1) is 0 Å².